The fourth-order valence-corrected chi connectivity index (χ4v) is 4.52. The van der Waals surface area contributed by atoms with E-state index in [-0.39, 0.29) is 11.9 Å². The van der Waals surface area contributed by atoms with Gasteiger partial charge in [0.1, 0.15) is 17.6 Å². The molecule has 1 aromatic heterocycles. The van der Waals surface area contributed by atoms with E-state index in [0.29, 0.717) is 32.0 Å². The first-order valence-electron chi connectivity index (χ1n) is 7.93. The van der Waals surface area contributed by atoms with Crippen LogP contribution >= 0.6 is 0 Å². The van der Waals surface area contributed by atoms with E-state index in [0.717, 1.165) is 18.8 Å². The zero-order valence-corrected chi connectivity index (χ0v) is 13.8. The molecule has 2 aliphatic rings. The zero-order valence-electron chi connectivity index (χ0n) is 13.0. The van der Waals surface area contributed by atoms with Gasteiger partial charge in [0.2, 0.25) is 10.0 Å². The molecule has 0 N–H and O–H groups in total. The smallest absolute Gasteiger partial charge is 0.215 e. The van der Waals surface area contributed by atoms with Crippen molar-refractivity contribution in [2.75, 3.05) is 45.1 Å². The SMILES string of the molecule is Cc1ccc([C@@H]2CN(S(=O)(=O)CCN3CCCC3)CCO2)o1. The van der Waals surface area contributed by atoms with E-state index in [1.807, 2.05) is 19.1 Å². The summed E-state index contributed by atoms with van der Waals surface area (Å²) in [6, 6.07) is 3.74. The van der Waals surface area contributed by atoms with Gasteiger partial charge in [0.15, 0.2) is 0 Å². The Balaban J connectivity index is 1.60. The van der Waals surface area contributed by atoms with Crippen molar-refractivity contribution in [2.45, 2.75) is 25.9 Å². The van der Waals surface area contributed by atoms with Gasteiger partial charge in [-0.25, -0.2) is 8.42 Å². The second-order valence-electron chi connectivity index (χ2n) is 6.03. The van der Waals surface area contributed by atoms with Gasteiger partial charge in [-0.1, -0.05) is 0 Å². The second-order valence-corrected chi connectivity index (χ2v) is 8.12. The molecule has 0 aliphatic carbocycles. The number of hydrogen-bond acceptors (Lipinski definition) is 5. The van der Waals surface area contributed by atoms with Crippen LogP contribution in [0.1, 0.15) is 30.5 Å². The van der Waals surface area contributed by atoms with E-state index in [2.05, 4.69) is 4.90 Å². The molecule has 0 radical (unpaired) electrons. The lowest BCUT2D eigenvalue weighted by molar-refractivity contribution is -0.0146. The number of hydrogen-bond donors (Lipinski definition) is 0. The maximum absolute atomic E-state index is 12.5. The van der Waals surface area contributed by atoms with Crippen molar-refractivity contribution in [1.29, 1.82) is 0 Å². The van der Waals surface area contributed by atoms with Crippen molar-refractivity contribution in [3.63, 3.8) is 0 Å². The fourth-order valence-electron chi connectivity index (χ4n) is 3.06. The predicted octanol–water partition coefficient (Wildman–Crippen LogP) is 1.39. The molecule has 0 aromatic carbocycles. The van der Waals surface area contributed by atoms with Crippen molar-refractivity contribution >= 4 is 10.0 Å². The molecule has 0 spiro atoms. The number of furan rings is 1. The number of likely N-dealkylation sites (tertiary alicyclic amines) is 1. The van der Waals surface area contributed by atoms with Crippen LogP contribution in [0.25, 0.3) is 0 Å². The molecule has 2 saturated heterocycles. The lowest BCUT2D eigenvalue weighted by Gasteiger charge is -2.31. The number of sulfonamides is 1. The van der Waals surface area contributed by atoms with E-state index in [1.165, 1.54) is 12.8 Å². The number of ether oxygens (including phenoxy) is 1. The van der Waals surface area contributed by atoms with E-state index < -0.39 is 10.0 Å². The van der Waals surface area contributed by atoms with Gasteiger partial charge >= 0.3 is 0 Å². The number of morpholine rings is 1. The monoisotopic (exact) mass is 328 g/mol. The van der Waals surface area contributed by atoms with Crippen LogP contribution < -0.4 is 0 Å². The van der Waals surface area contributed by atoms with Gasteiger partial charge in [-0.3, -0.25) is 0 Å². The Hall–Kier alpha value is -0.890. The third-order valence-electron chi connectivity index (χ3n) is 4.37. The minimum Gasteiger partial charge on any atom is -0.464 e. The van der Waals surface area contributed by atoms with Crippen LogP contribution in [-0.2, 0) is 14.8 Å². The Bertz CT molecular complexity index is 592. The molecule has 1 atom stereocenters. The molecule has 7 heteroatoms. The summed E-state index contributed by atoms with van der Waals surface area (Å²) in [5.41, 5.74) is 0. The quantitative estimate of drug-likeness (QED) is 0.817. The molecule has 124 valence electrons. The van der Waals surface area contributed by atoms with Crippen LogP contribution in [0.4, 0.5) is 0 Å². The molecule has 0 amide bonds. The number of rotatable bonds is 5. The van der Waals surface area contributed by atoms with Gasteiger partial charge in [0.05, 0.1) is 12.4 Å². The summed E-state index contributed by atoms with van der Waals surface area (Å²) in [5, 5.41) is 0. The standard InChI is InChI=1S/C15H24N2O4S/c1-13-4-5-14(21-13)15-12-17(8-10-20-15)22(18,19)11-9-16-6-2-3-7-16/h4-5,15H,2-3,6-12H2,1H3/t15-/m0/s1. The fraction of sp³-hybridized carbons (Fsp3) is 0.733. The Kier molecular flexibility index (Phi) is 4.87. The minimum atomic E-state index is -3.23. The Labute approximate surface area is 132 Å². The summed E-state index contributed by atoms with van der Waals surface area (Å²) in [6.07, 6.45) is 2.05. The molecule has 2 fully saturated rings. The summed E-state index contributed by atoms with van der Waals surface area (Å²) < 4.78 is 37.9. The average molecular weight is 328 g/mol. The van der Waals surface area contributed by atoms with Crippen molar-refractivity contribution in [2.24, 2.45) is 0 Å². The highest BCUT2D eigenvalue weighted by Gasteiger charge is 2.32. The molecule has 3 rings (SSSR count). The average Bonchev–Trinajstić information content (AvgIpc) is 3.17. The predicted molar refractivity (Wildman–Crippen MR) is 83.2 cm³/mol. The molecule has 1 aromatic rings. The highest BCUT2D eigenvalue weighted by Crippen LogP contribution is 2.25. The van der Waals surface area contributed by atoms with Crippen LogP contribution in [0.3, 0.4) is 0 Å². The van der Waals surface area contributed by atoms with Crippen LogP contribution in [-0.4, -0.2) is 62.7 Å². The summed E-state index contributed by atoms with van der Waals surface area (Å²) >= 11 is 0. The van der Waals surface area contributed by atoms with Gasteiger partial charge in [-0.05, 0) is 45.0 Å². The maximum Gasteiger partial charge on any atom is 0.215 e. The van der Waals surface area contributed by atoms with E-state index >= 15 is 0 Å². The van der Waals surface area contributed by atoms with Gasteiger partial charge < -0.3 is 14.1 Å². The van der Waals surface area contributed by atoms with Crippen molar-refractivity contribution in [1.82, 2.24) is 9.21 Å². The molecule has 0 bridgehead atoms. The molecule has 2 aliphatic heterocycles. The van der Waals surface area contributed by atoms with Gasteiger partial charge in [0.25, 0.3) is 0 Å². The highest BCUT2D eigenvalue weighted by molar-refractivity contribution is 7.89. The second kappa shape index (κ2) is 6.70. The van der Waals surface area contributed by atoms with Crippen LogP contribution in [0.2, 0.25) is 0 Å². The Morgan fingerprint density at radius 3 is 2.68 bits per heavy atom. The lowest BCUT2D eigenvalue weighted by Crippen LogP contribution is -2.44. The topological polar surface area (TPSA) is 63.0 Å². The van der Waals surface area contributed by atoms with Gasteiger partial charge in [-0.15, -0.1) is 0 Å². The molecule has 22 heavy (non-hydrogen) atoms. The zero-order chi connectivity index (χ0) is 15.6. The number of aryl methyl sites for hydroxylation is 1. The third kappa shape index (κ3) is 3.71. The lowest BCUT2D eigenvalue weighted by atomic mass is 10.2. The van der Waals surface area contributed by atoms with E-state index in [9.17, 15) is 8.42 Å². The van der Waals surface area contributed by atoms with Gasteiger partial charge in [0, 0.05) is 19.6 Å². The molecule has 3 heterocycles. The normalized spacial score (nSPS) is 24.9. The van der Waals surface area contributed by atoms with Crippen LogP contribution in [0.5, 0.6) is 0 Å². The minimum absolute atomic E-state index is 0.191. The third-order valence-corrected chi connectivity index (χ3v) is 6.18. The summed E-state index contributed by atoms with van der Waals surface area (Å²) in [5.74, 6) is 1.71. The first-order chi connectivity index (χ1) is 10.5. The highest BCUT2D eigenvalue weighted by atomic mass is 32.2. The summed E-state index contributed by atoms with van der Waals surface area (Å²) in [6.45, 7) is 5.72. The molecular formula is C15H24N2O4S. The van der Waals surface area contributed by atoms with Crippen molar-refractivity contribution < 1.29 is 17.6 Å². The van der Waals surface area contributed by atoms with Crippen LogP contribution in [0.15, 0.2) is 16.5 Å². The Morgan fingerprint density at radius 1 is 1.23 bits per heavy atom. The molecular weight excluding hydrogens is 304 g/mol. The molecule has 0 saturated carbocycles. The first-order valence-corrected chi connectivity index (χ1v) is 9.54. The summed E-state index contributed by atoms with van der Waals surface area (Å²) in [7, 11) is -3.23. The van der Waals surface area contributed by atoms with Gasteiger partial charge in [-0.2, -0.15) is 4.31 Å². The van der Waals surface area contributed by atoms with Crippen molar-refractivity contribution in [3.05, 3.63) is 23.7 Å². The summed E-state index contributed by atoms with van der Waals surface area (Å²) in [4.78, 5) is 2.23. The molecule has 0 unspecified atom stereocenters. The van der Waals surface area contributed by atoms with Crippen molar-refractivity contribution in [3.8, 4) is 0 Å². The molecule has 6 nitrogen and oxygen atoms in total. The van der Waals surface area contributed by atoms with E-state index in [1.54, 1.807) is 4.31 Å². The maximum atomic E-state index is 12.5. The number of nitrogens with zero attached hydrogens (tertiary/aromatic N) is 2. The van der Waals surface area contributed by atoms with E-state index in [4.69, 9.17) is 9.15 Å². The largest absolute Gasteiger partial charge is 0.464 e. The van der Waals surface area contributed by atoms with Crippen LogP contribution in [0, 0.1) is 6.92 Å². The first kappa shape index (κ1) is 16.0. The Morgan fingerprint density at radius 2 is 2.00 bits per heavy atom.